The first-order valence-corrected chi connectivity index (χ1v) is 3.46. The molecule has 0 radical (unpaired) electrons. The molecule has 0 saturated heterocycles. The van der Waals surface area contributed by atoms with Gasteiger partial charge in [-0.3, -0.25) is 0 Å². The van der Waals surface area contributed by atoms with Gasteiger partial charge in [-0.25, -0.2) is 0 Å². The molecule has 0 aliphatic heterocycles. The largest absolute Gasteiger partial charge is 0.385 e. The zero-order chi connectivity index (χ0) is 7.56. The number of aliphatic hydroxyl groups excluding tert-OH is 1. The number of aromatic amines is 1. The number of hydrogen-bond donors (Lipinski definition) is 1. The Labute approximate surface area is 68.4 Å². The lowest BCUT2D eigenvalue weighted by molar-refractivity contribution is -0.392. The van der Waals surface area contributed by atoms with Crippen molar-refractivity contribution in [2.45, 2.75) is 6.61 Å². The van der Waals surface area contributed by atoms with Crippen LogP contribution in [0, 0.1) is 0 Å². The fourth-order valence-corrected chi connectivity index (χ4v) is 0.955. The quantitative estimate of drug-likeness (QED) is 0.647. The number of aliphatic hydroxyl groups is 1. The van der Waals surface area contributed by atoms with Crippen LogP contribution in [-0.4, -0.2) is 5.11 Å². The number of H-pyrrole nitrogens is 1. The van der Waals surface area contributed by atoms with Gasteiger partial charge in [-0.2, -0.15) is 4.98 Å². The molecule has 0 aliphatic rings. The predicted octanol–water partition coefficient (Wildman–Crippen LogP) is 1.30. The first-order valence-electron chi connectivity index (χ1n) is 2.71. The first kappa shape index (κ1) is 7.79. The SMILES string of the molecule is OCc1[nH+]c(Cl)ccc1Cl. The minimum atomic E-state index is -0.126. The normalized spacial score (nSPS) is 9.90. The van der Waals surface area contributed by atoms with Gasteiger partial charge in [-0.15, -0.1) is 0 Å². The van der Waals surface area contributed by atoms with Crippen LogP contribution in [0.3, 0.4) is 0 Å². The molecule has 10 heavy (non-hydrogen) atoms. The van der Waals surface area contributed by atoms with E-state index in [0.717, 1.165) is 0 Å². The van der Waals surface area contributed by atoms with Crippen LogP contribution in [0.25, 0.3) is 0 Å². The molecule has 0 amide bonds. The highest BCUT2D eigenvalue weighted by Crippen LogP contribution is 2.12. The van der Waals surface area contributed by atoms with E-state index in [1.54, 1.807) is 12.1 Å². The summed E-state index contributed by atoms with van der Waals surface area (Å²) in [5.41, 5.74) is 0.536. The van der Waals surface area contributed by atoms with Crippen molar-refractivity contribution in [1.29, 1.82) is 0 Å². The number of nitrogens with one attached hydrogen (secondary N) is 1. The molecule has 0 saturated carbocycles. The Morgan fingerprint density at radius 2 is 2.10 bits per heavy atom. The van der Waals surface area contributed by atoms with E-state index in [0.29, 0.717) is 15.9 Å². The van der Waals surface area contributed by atoms with Crippen LogP contribution in [-0.2, 0) is 6.61 Å². The molecule has 0 bridgehead atoms. The summed E-state index contributed by atoms with van der Waals surface area (Å²) in [5.74, 6) is 0. The van der Waals surface area contributed by atoms with Gasteiger partial charge in [0.25, 0.3) is 5.15 Å². The Morgan fingerprint density at radius 3 is 2.60 bits per heavy atom. The minimum Gasteiger partial charge on any atom is -0.385 e. The van der Waals surface area contributed by atoms with Crippen molar-refractivity contribution >= 4 is 23.2 Å². The van der Waals surface area contributed by atoms with Gasteiger partial charge in [-0.1, -0.05) is 11.6 Å². The van der Waals surface area contributed by atoms with Gasteiger partial charge in [0.05, 0.1) is 0 Å². The van der Waals surface area contributed by atoms with E-state index in [4.69, 9.17) is 28.3 Å². The molecule has 0 unspecified atom stereocenters. The summed E-state index contributed by atoms with van der Waals surface area (Å²) >= 11 is 11.2. The number of aromatic nitrogens is 1. The zero-order valence-electron chi connectivity index (χ0n) is 5.06. The van der Waals surface area contributed by atoms with Crippen LogP contribution in [0.15, 0.2) is 12.1 Å². The molecule has 1 rings (SSSR count). The molecule has 0 spiro atoms. The maximum Gasteiger partial charge on any atom is 0.273 e. The van der Waals surface area contributed by atoms with Gasteiger partial charge >= 0.3 is 0 Å². The van der Waals surface area contributed by atoms with Crippen molar-refractivity contribution in [2.24, 2.45) is 0 Å². The van der Waals surface area contributed by atoms with E-state index in [1.165, 1.54) is 0 Å². The van der Waals surface area contributed by atoms with Gasteiger partial charge in [0.1, 0.15) is 11.6 Å². The lowest BCUT2D eigenvalue weighted by Crippen LogP contribution is -2.12. The molecule has 0 aromatic carbocycles. The highest BCUT2D eigenvalue weighted by Gasteiger charge is 2.07. The predicted molar refractivity (Wildman–Crippen MR) is 38.9 cm³/mol. The van der Waals surface area contributed by atoms with Gasteiger partial charge in [0.15, 0.2) is 0 Å². The van der Waals surface area contributed by atoms with Crippen LogP contribution < -0.4 is 4.98 Å². The fourth-order valence-electron chi connectivity index (χ4n) is 0.607. The average molecular weight is 179 g/mol. The van der Waals surface area contributed by atoms with E-state index >= 15 is 0 Å². The number of hydrogen-bond acceptors (Lipinski definition) is 1. The second-order valence-electron chi connectivity index (χ2n) is 1.79. The lowest BCUT2D eigenvalue weighted by Gasteiger charge is -1.90. The fraction of sp³-hybridized carbons (Fsp3) is 0.167. The summed E-state index contributed by atoms with van der Waals surface area (Å²) in [6.45, 7) is -0.126. The van der Waals surface area contributed by atoms with Crippen LogP contribution in [0.1, 0.15) is 5.69 Å². The Bertz CT molecular complexity index is 239. The third kappa shape index (κ3) is 1.59. The van der Waals surface area contributed by atoms with Gasteiger partial charge in [0.2, 0.25) is 5.69 Å². The minimum absolute atomic E-state index is 0.126. The summed E-state index contributed by atoms with van der Waals surface area (Å²) in [6, 6.07) is 3.26. The third-order valence-corrected chi connectivity index (χ3v) is 1.67. The van der Waals surface area contributed by atoms with E-state index in [9.17, 15) is 0 Å². The molecule has 0 atom stereocenters. The standard InChI is InChI=1S/C6H5Cl2NO/c7-4-1-2-6(8)9-5(4)3-10/h1-2,10H,3H2/p+1. The van der Waals surface area contributed by atoms with Crippen molar-refractivity contribution in [2.75, 3.05) is 0 Å². The number of pyridine rings is 1. The molecular weight excluding hydrogens is 173 g/mol. The molecule has 4 heteroatoms. The van der Waals surface area contributed by atoms with Crippen LogP contribution in [0.2, 0.25) is 10.2 Å². The molecule has 1 aromatic heterocycles. The highest BCUT2D eigenvalue weighted by molar-refractivity contribution is 6.31. The van der Waals surface area contributed by atoms with E-state index in [-0.39, 0.29) is 6.61 Å². The molecular formula is C6H6Cl2NO+. The van der Waals surface area contributed by atoms with Gasteiger partial charge < -0.3 is 5.11 Å². The molecule has 2 nitrogen and oxygen atoms in total. The molecule has 1 aromatic rings. The van der Waals surface area contributed by atoms with E-state index in [2.05, 4.69) is 4.98 Å². The Kier molecular flexibility index (Phi) is 2.49. The van der Waals surface area contributed by atoms with Crippen molar-refractivity contribution in [3.8, 4) is 0 Å². The van der Waals surface area contributed by atoms with Crippen molar-refractivity contribution in [3.63, 3.8) is 0 Å². The lowest BCUT2D eigenvalue weighted by atomic mass is 10.4. The summed E-state index contributed by atoms with van der Waals surface area (Å²) < 4.78 is 0. The second-order valence-corrected chi connectivity index (χ2v) is 2.61. The highest BCUT2D eigenvalue weighted by atomic mass is 35.5. The summed E-state index contributed by atoms with van der Waals surface area (Å²) in [6.07, 6.45) is 0. The van der Waals surface area contributed by atoms with Crippen molar-refractivity contribution in [1.82, 2.24) is 0 Å². The topological polar surface area (TPSA) is 34.4 Å². The van der Waals surface area contributed by atoms with Gasteiger partial charge in [-0.05, 0) is 17.7 Å². The summed E-state index contributed by atoms with van der Waals surface area (Å²) in [5, 5.41) is 9.63. The summed E-state index contributed by atoms with van der Waals surface area (Å²) in [4.78, 5) is 2.71. The zero-order valence-corrected chi connectivity index (χ0v) is 6.58. The average Bonchev–Trinajstić information content (AvgIpc) is 1.94. The van der Waals surface area contributed by atoms with Crippen molar-refractivity contribution < 1.29 is 10.1 Å². The van der Waals surface area contributed by atoms with Crippen molar-refractivity contribution in [3.05, 3.63) is 28.0 Å². The maximum atomic E-state index is 8.67. The number of halogens is 2. The Hall–Kier alpha value is -0.310. The van der Waals surface area contributed by atoms with E-state index in [1.807, 2.05) is 0 Å². The van der Waals surface area contributed by atoms with Gasteiger partial charge in [0, 0.05) is 6.07 Å². The Balaban J connectivity index is 3.09. The first-order chi connectivity index (χ1) is 4.74. The molecule has 0 aliphatic carbocycles. The van der Waals surface area contributed by atoms with Crippen LogP contribution in [0.4, 0.5) is 0 Å². The van der Waals surface area contributed by atoms with Crippen LogP contribution in [0.5, 0.6) is 0 Å². The second kappa shape index (κ2) is 3.19. The third-order valence-electron chi connectivity index (χ3n) is 1.09. The van der Waals surface area contributed by atoms with E-state index < -0.39 is 0 Å². The van der Waals surface area contributed by atoms with Crippen LogP contribution >= 0.6 is 23.2 Å². The molecule has 2 N–H and O–H groups in total. The smallest absolute Gasteiger partial charge is 0.273 e. The molecule has 54 valence electrons. The monoisotopic (exact) mass is 178 g/mol. The Morgan fingerprint density at radius 1 is 1.40 bits per heavy atom. The number of rotatable bonds is 1. The maximum absolute atomic E-state index is 8.67. The molecule has 0 fully saturated rings. The molecule has 1 heterocycles. The summed E-state index contributed by atoms with van der Waals surface area (Å²) in [7, 11) is 0.